The average molecular weight is 217 g/mol. The molecule has 0 aromatic heterocycles. The minimum atomic E-state index is 0. The van der Waals surface area contributed by atoms with Gasteiger partial charge in [0.25, 0.3) is 0 Å². The summed E-state index contributed by atoms with van der Waals surface area (Å²) < 4.78 is 2.71. The summed E-state index contributed by atoms with van der Waals surface area (Å²) in [5.41, 5.74) is 0. The average Bonchev–Trinajstić information content (AvgIpc) is 1.41. The molecule has 0 bridgehead atoms. The second kappa shape index (κ2) is 9.18. The van der Waals surface area contributed by atoms with Gasteiger partial charge in [0.15, 0.2) is 0 Å². The third-order valence-electron chi connectivity index (χ3n) is 0.221. The van der Waals surface area contributed by atoms with Crippen molar-refractivity contribution < 1.29 is 0 Å². The normalized spacial score (nSPS) is 6.17. The van der Waals surface area contributed by atoms with Crippen molar-refractivity contribution in [2.75, 3.05) is 6.54 Å². The van der Waals surface area contributed by atoms with Gasteiger partial charge in [-0.2, -0.15) is 0 Å². The summed E-state index contributed by atoms with van der Waals surface area (Å²) >= 11 is 2.99. The second-order valence-electron chi connectivity index (χ2n) is 0.626. The van der Waals surface area contributed by atoms with E-state index < -0.39 is 0 Å². The van der Waals surface area contributed by atoms with E-state index in [1.807, 2.05) is 0 Å². The molecule has 0 atom stereocenters. The van der Waals surface area contributed by atoms with Gasteiger partial charge in [0.1, 0.15) is 0 Å². The van der Waals surface area contributed by atoms with Crippen molar-refractivity contribution in [3.05, 3.63) is 12.7 Å². The molecule has 0 aromatic carbocycles. The number of nitrogens with one attached hydrogen (secondary N) is 1. The molecule has 0 saturated carbocycles. The Kier molecular flexibility index (Phi) is 15.0. The largest absolute Gasteiger partial charge is 0.252 e. The highest BCUT2D eigenvalue weighted by atomic mass is 79.9. The summed E-state index contributed by atoms with van der Waals surface area (Å²) in [6.45, 7) is 4.28. The SMILES string of the molecule is Br.C=CCNBr. The van der Waals surface area contributed by atoms with Crippen molar-refractivity contribution in [1.29, 1.82) is 0 Å². The lowest BCUT2D eigenvalue weighted by molar-refractivity contribution is 1.16. The Morgan fingerprint density at radius 3 is 2.33 bits per heavy atom. The fourth-order valence-corrected chi connectivity index (χ4v) is 0.283. The molecule has 0 spiro atoms. The number of hydrogen-bond donors (Lipinski definition) is 1. The van der Waals surface area contributed by atoms with Crippen molar-refractivity contribution in [3.8, 4) is 0 Å². The molecule has 1 N–H and O–H groups in total. The Bertz CT molecular complexity index is 30.0. The van der Waals surface area contributed by atoms with Gasteiger partial charge in [-0.3, -0.25) is 4.34 Å². The van der Waals surface area contributed by atoms with Crippen molar-refractivity contribution in [3.63, 3.8) is 0 Å². The zero-order chi connectivity index (χ0) is 4.12. The Morgan fingerprint density at radius 2 is 2.33 bits per heavy atom. The maximum absolute atomic E-state index is 3.46. The molecule has 0 aliphatic rings. The van der Waals surface area contributed by atoms with E-state index in [4.69, 9.17) is 0 Å². The molecule has 3 heteroatoms. The summed E-state index contributed by atoms with van der Waals surface area (Å²) in [6, 6.07) is 0. The first-order valence-electron chi connectivity index (χ1n) is 1.36. The summed E-state index contributed by atoms with van der Waals surface area (Å²) in [5, 5.41) is 0. The molecule has 0 radical (unpaired) electrons. The summed E-state index contributed by atoms with van der Waals surface area (Å²) in [6.07, 6.45) is 1.77. The minimum Gasteiger partial charge on any atom is -0.252 e. The van der Waals surface area contributed by atoms with Crippen LogP contribution >= 0.6 is 33.1 Å². The number of rotatable bonds is 2. The van der Waals surface area contributed by atoms with E-state index >= 15 is 0 Å². The summed E-state index contributed by atoms with van der Waals surface area (Å²) in [7, 11) is 0. The zero-order valence-corrected chi connectivity index (χ0v) is 6.58. The van der Waals surface area contributed by atoms with Crippen LogP contribution in [0.15, 0.2) is 12.7 Å². The molecule has 1 nitrogen and oxygen atoms in total. The molecular weight excluding hydrogens is 210 g/mol. The highest BCUT2D eigenvalue weighted by Gasteiger charge is 1.59. The van der Waals surface area contributed by atoms with Crippen LogP contribution in [-0.2, 0) is 0 Å². The summed E-state index contributed by atoms with van der Waals surface area (Å²) in [5.74, 6) is 0. The zero-order valence-electron chi connectivity index (χ0n) is 3.28. The third-order valence-corrected chi connectivity index (χ3v) is 0.545. The molecule has 0 fully saturated rings. The molecular formula is C3H7Br2N. The first kappa shape index (κ1) is 9.83. The van der Waals surface area contributed by atoms with Gasteiger partial charge in [0, 0.05) is 22.7 Å². The third kappa shape index (κ3) is 8.82. The number of halogens is 2. The predicted molar refractivity (Wildman–Crippen MR) is 37.4 cm³/mol. The second-order valence-corrected chi connectivity index (χ2v) is 1.19. The quantitative estimate of drug-likeness (QED) is 0.547. The fourth-order valence-electron chi connectivity index (χ4n) is 0.0546. The van der Waals surface area contributed by atoms with Gasteiger partial charge in [-0.05, 0) is 0 Å². The van der Waals surface area contributed by atoms with Gasteiger partial charge in [0.2, 0.25) is 0 Å². The van der Waals surface area contributed by atoms with Crippen LogP contribution < -0.4 is 4.34 Å². The molecule has 0 amide bonds. The molecule has 6 heavy (non-hydrogen) atoms. The number of hydrogen-bond acceptors (Lipinski definition) is 1. The van der Waals surface area contributed by atoms with E-state index in [0.29, 0.717) is 0 Å². The Morgan fingerprint density at radius 1 is 1.83 bits per heavy atom. The Labute approximate surface area is 56.9 Å². The van der Waals surface area contributed by atoms with Crippen LogP contribution in [0.2, 0.25) is 0 Å². The van der Waals surface area contributed by atoms with E-state index in [0.717, 1.165) is 6.54 Å². The molecule has 0 aliphatic carbocycles. The molecule has 0 unspecified atom stereocenters. The minimum absolute atomic E-state index is 0. The van der Waals surface area contributed by atoms with E-state index in [2.05, 4.69) is 27.1 Å². The van der Waals surface area contributed by atoms with Gasteiger partial charge < -0.3 is 0 Å². The van der Waals surface area contributed by atoms with Gasteiger partial charge in [0.05, 0.1) is 0 Å². The van der Waals surface area contributed by atoms with Gasteiger partial charge >= 0.3 is 0 Å². The monoisotopic (exact) mass is 215 g/mol. The van der Waals surface area contributed by atoms with E-state index in [1.54, 1.807) is 6.08 Å². The van der Waals surface area contributed by atoms with E-state index in [1.165, 1.54) is 0 Å². The van der Waals surface area contributed by atoms with Crippen LogP contribution in [-0.4, -0.2) is 6.54 Å². The van der Waals surface area contributed by atoms with Crippen molar-refractivity contribution in [1.82, 2.24) is 4.34 Å². The highest BCUT2D eigenvalue weighted by Crippen LogP contribution is 1.63. The van der Waals surface area contributed by atoms with Crippen LogP contribution in [0.5, 0.6) is 0 Å². The first-order valence-corrected chi connectivity index (χ1v) is 2.15. The van der Waals surface area contributed by atoms with E-state index in [-0.39, 0.29) is 17.0 Å². The first-order chi connectivity index (χ1) is 2.41. The predicted octanol–water partition coefficient (Wildman–Crippen LogP) is 1.65. The van der Waals surface area contributed by atoms with Crippen LogP contribution in [0, 0.1) is 0 Å². The van der Waals surface area contributed by atoms with Crippen LogP contribution in [0.25, 0.3) is 0 Å². The standard InChI is InChI=1S/C3H6BrN.BrH/c1-2-3-5-4;/h2,5H,1,3H2;1H. The van der Waals surface area contributed by atoms with Crippen LogP contribution in [0.4, 0.5) is 0 Å². The molecule has 0 heterocycles. The van der Waals surface area contributed by atoms with Gasteiger partial charge in [-0.15, -0.1) is 23.6 Å². The maximum atomic E-state index is 3.46. The van der Waals surface area contributed by atoms with E-state index in [9.17, 15) is 0 Å². The Balaban J connectivity index is 0. The topological polar surface area (TPSA) is 12.0 Å². The fraction of sp³-hybridized carbons (Fsp3) is 0.333. The van der Waals surface area contributed by atoms with Crippen LogP contribution in [0.3, 0.4) is 0 Å². The van der Waals surface area contributed by atoms with Crippen molar-refractivity contribution in [2.45, 2.75) is 0 Å². The highest BCUT2D eigenvalue weighted by molar-refractivity contribution is 9.08. The van der Waals surface area contributed by atoms with Gasteiger partial charge in [-0.1, -0.05) is 6.08 Å². The Hall–Kier alpha value is 0.660. The van der Waals surface area contributed by atoms with Crippen LogP contribution in [0.1, 0.15) is 0 Å². The molecule has 0 rings (SSSR count). The lowest BCUT2D eigenvalue weighted by Gasteiger charge is -1.76. The lowest BCUT2D eigenvalue weighted by Crippen LogP contribution is -1.92. The lowest BCUT2D eigenvalue weighted by atomic mass is 10.7. The van der Waals surface area contributed by atoms with Gasteiger partial charge in [-0.25, -0.2) is 0 Å². The molecule has 0 saturated heterocycles. The molecule has 38 valence electrons. The van der Waals surface area contributed by atoms with Crippen molar-refractivity contribution >= 4 is 33.1 Å². The smallest absolute Gasteiger partial charge is 0.0240 e. The molecule has 0 aliphatic heterocycles. The maximum Gasteiger partial charge on any atom is 0.0240 e. The van der Waals surface area contributed by atoms with Crippen molar-refractivity contribution in [2.24, 2.45) is 0 Å². The molecule has 0 aromatic rings. The summed E-state index contributed by atoms with van der Waals surface area (Å²) in [4.78, 5) is 0.